The predicted molar refractivity (Wildman–Crippen MR) is 105 cm³/mol. The smallest absolute Gasteiger partial charge is 0.339 e. The van der Waals surface area contributed by atoms with E-state index in [1.165, 1.54) is 5.56 Å². The van der Waals surface area contributed by atoms with Crippen molar-refractivity contribution in [3.8, 4) is 11.5 Å². The van der Waals surface area contributed by atoms with E-state index in [4.69, 9.17) is 14.2 Å². The van der Waals surface area contributed by atoms with Crippen molar-refractivity contribution in [1.82, 2.24) is 5.32 Å². The summed E-state index contributed by atoms with van der Waals surface area (Å²) in [5.41, 5.74) is 1.49. The van der Waals surface area contributed by atoms with Gasteiger partial charge in [-0.3, -0.25) is 4.79 Å². The molecule has 1 aliphatic rings. The number of amides is 1. The lowest BCUT2D eigenvalue weighted by Crippen LogP contribution is -2.38. The summed E-state index contributed by atoms with van der Waals surface area (Å²) < 4.78 is 16.2. The van der Waals surface area contributed by atoms with Crippen LogP contribution in [0.2, 0.25) is 0 Å². The number of carbonyl (C=O) groups is 2. The van der Waals surface area contributed by atoms with Crippen molar-refractivity contribution < 1.29 is 23.8 Å². The van der Waals surface area contributed by atoms with Gasteiger partial charge in [-0.25, -0.2) is 4.79 Å². The molecule has 1 N–H and O–H groups in total. The van der Waals surface area contributed by atoms with E-state index >= 15 is 0 Å². The van der Waals surface area contributed by atoms with E-state index in [1.807, 2.05) is 30.3 Å². The second-order valence-electron chi connectivity index (χ2n) is 6.67. The molecule has 0 aromatic heterocycles. The molecule has 0 spiro atoms. The summed E-state index contributed by atoms with van der Waals surface area (Å²) in [6.45, 7) is 5.05. The molecule has 1 heterocycles. The predicted octanol–water partition coefficient (Wildman–Crippen LogP) is 3.31. The SMILES string of the molecule is CC[C@H](CNC(=O)[C@@H](C)OC(=O)c1ccc2c(c1)OCCO2)c1ccccc1. The molecule has 6 heteroatoms. The maximum Gasteiger partial charge on any atom is 0.339 e. The minimum atomic E-state index is -0.894. The Morgan fingerprint density at radius 1 is 1.07 bits per heavy atom. The maximum atomic E-state index is 12.4. The maximum absolute atomic E-state index is 12.4. The van der Waals surface area contributed by atoms with Crippen LogP contribution in [0.15, 0.2) is 48.5 Å². The molecule has 0 saturated carbocycles. The van der Waals surface area contributed by atoms with Crippen LogP contribution in [0.5, 0.6) is 11.5 Å². The van der Waals surface area contributed by atoms with E-state index in [0.29, 0.717) is 36.8 Å². The Morgan fingerprint density at radius 2 is 1.79 bits per heavy atom. The lowest BCUT2D eigenvalue weighted by molar-refractivity contribution is -0.129. The van der Waals surface area contributed by atoms with Gasteiger partial charge in [0.05, 0.1) is 5.56 Å². The van der Waals surface area contributed by atoms with Crippen LogP contribution in [0.1, 0.15) is 42.1 Å². The molecule has 0 aliphatic carbocycles. The van der Waals surface area contributed by atoms with E-state index < -0.39 is 12.1 Å². The van der Waals surface area contributed by atoms with Crippen LogP contribution in [0.4, 0.5) is 0 Å². The average Bonchev–Trinajstić information content (AvgIpc) is 2.74. The summed E-state index contributed by atoms with van der Waals surface area (Å²) in [6.07, 6.45) is 0.00401. The molecule has 2 aromatic rings. The quantitative estimate of drug-likeness (QED) is 0.743. The lowest BCUT2D eigenvalue weighted by Gasteiger charge is -2.20. The van der Waals surface area contributed by atoms with Gasteiger partial charge in [-0.05, 0) is 37.1 Å². The fourth-order valence-corrected chi connectivity index (χ4v) is 3.04. The van der Waals surface area contributed by atoms with Gasteiger partial charge in [-0.2, -0.15) is 0 Å². The average molecular weight is 383 g/mol. The third-order valence-electron chi connectivity index (χ3n) is 4.72. The third-order valence-corrected chi connectivity index (χ3v) is 4.72. The van der Waals surface area contributed by atoms with Gasteiger partial charge < -0.3 is 19.5 Å². The molecule has 6 nitrogen and oxygen atoms in total. The standard InChI is InChI=1S/C22H25NO5/c1-3-16(17-7-5-4-6-8-17)14-23-21(24)15(2)28-22(25)18-9-10-19-20(13-18)27-12-11-26-19/h4-10,13,15-16H,3,11-12,14H2,1-2H3,(H,23,24)/t15-,16-/m1/s1. The normalized spacial score (nSPS) is 14.6. The second kappa shape index (κ2) is 9.26. The van der Waals surface area contributed by atoms with Crippen LogP contribution < -0.4 is 14.8 Å². The number of carbonyl (C=O) groups excluding carboxylic acids is 2. The zero-order valence-corrected chi connectivity index (χ0v) is 16.1. The first-order valence-electron chi connectivity index (χ1n) is 9.51. The Morgan fingerprint density at radius 3 is 2.50 bits per heavy atom. The largest absolute Gasteiger partial charge is 0.486 e. The lowest BCUT2D eigenvalue weighted by atomic mass is 9.96. The zero-order valence-electron chi connectivity index (χ0n) is 16.1. The van der Waals surface area contributed by atoms with Crippen molar-refractivity contribution >= 4 is 11.9 Å². The highest BCUT2D eigenvalue weighted by molar-refractivity contribution is 5.92. The van der Waals surface area contributed by atoms with Crippen LogP contribution in [0, 0.1) is 0 Å². The first kappa shape index (κ1) is 19.7. The molecule has 2 aromatic carbocycles. The van der Waals surface area contributed by atoms with Gasteiger partial charge in [0.2, 0.25) is 0 Å². The fourth-order valence-electron chi connectivity index (χ4n) is 3.04. The molecule has 28 heavy (non-hydrogen) atoms. The van der Waals surface area contributed by atoms with Gasteiger partial charge in [0.1, 0.15) is 13.2 Å². The van der Waals surface area contributed by atoms with Gasteiger partial charge in [0, 0.05) is 12.5 Å². The highest BCUT2D eigenvalue weighted by Gasteiger charge is 2.22. The van der Waals surface area contributed by atoms with E-state index in [-0.39, 0.29) is 11.8 Å². The molecule has 2 atom stereocenters. The number of nitrogens with one attached hydrogen (secondary N) is 1. The highest BCUT2D eigenvalue weighted by Crippen LogP contribution is 2.31. The van der Waals surface area contributed by atoms with Crippen molar-refractivity contribution in [2.24, 2.45) is 0 Å². The number of fused-ring (bicyclic) bond motifs is 1. The third kappa shape index (κ3) is 4.82. The van der Waals surface area contributed by atoms with Crippen LogP contribution in [0.3, 0.4) is 0 Å². The zero-order chi connectivity index (χ0) is 19.9. The molecule has 1 aliphatic heterocycles. The van der Waals surface area contributed by atoms with Gasteiger partial charge in [-0.15, -0.1) is 0 Å². The molecule has 1 amide bonds. The van der Waals surface area contributed by atoms with Crippen molar-refractivity contribution in [3.05, 3.63) is 59.7 Å². The number of benzene rings is 2. The van der Waals surface area contributed by atoms with Gasteiger partial charge in [0.25, 0.3) is 5.91 Å². The van der Waals surface area contributed by atoms with Crippen LogP contribution in [-0.4, -0.2) is 37.7 Å². The summed E-state index contributed by atoms with van der Waals surface area (Å²) in [5.74, 6) is 0.424. The minimum absolute atomic E-state index is 0.214. The molecule has 0 fully saturated rings. The van der Waals surface area contributed by atoms with Crippen molar-refractivity contribution in [2.45, 2.75) is 32.3 Å². The van der Waals surface area contributed by atoms with Gasteiger partial charge in [0.15, 0.2) is 17.6 Å². The molecular formula is C22H25NO5. The Hall–Kier alpha value is -3.02. The Bertz CT molecular complexity index is 821. The molecular weight excluding hydrogens is 358 g/mol. The highest BCUT2D eigenvalue weighted by atomic mass is 16.6. The van der Waals surface area contributed by atoms with Crippen molar-refractivity contribution in [3.63, 3.8) is 0 Å². The summed E-state index contributed by atoms with van der Waals surface area (Å²) >= 11 is 0. The molecule has 148 valence electrons. The number of ether oxygens (including phenoxy) is 3. The van der Waals surface area contributed by atoms with E-state index in [0.717, 1.165) is 6.42 Å². The Kier molecular flexibility index (Phi) is 6.53. The van der Waals surface area contributed by atoms with E-state index in [9.17, 15) is 9.59 Å². The number of esters is 1. The Balaban J connectivity index is 1.54. The Labute approximate surface area is 164 Å². The molecule has 0 saturated heterocycles. The first-order valence-corrected chi connectivity index (χ1v) is 9.51. The summed E-state index contributed by atoms with van der Waals surface area (Å²) in [6, 6.07) is 14.9. The fraction of sp³-hybridized carbons (Fsp3) is 0.364. The van der Waals surface area contributed by atoms with Crippen LogP contribution >= 0.6 is 0 Å². The number of hydrogen-bond donors (Lipinski definition) is 1. The van der Waals surface area contributed by atoms with E-state index in [1.54, 1.807) is 25.1 Å². The van der Waals surface area contributed by atoms with Crippen LogP contribution in [-0.2, 0) is 9.53 Å². The van der Waals surface area contributed by atoms with Gasteiger partial charge in [-0.1, -0.05) is 37.3 Å². The van der Waals surface area contributed by atoms with Gasteiger partial charge >= 0.3 is 5.97 Å². The monoisotopic (exact) mass is 383 g/mol. The minimum Gasteiger partial charge on any atom is -0.486 e. The molecule has 0 unspecified atom stereocenters. The second-order valence-corrected chi connectivity index (χ2v) is 6.67. The summed E-state index contributed by atoms with van der Waals surface area (Å²) in [7, 11) is 0. The van der Waals surface area contributed by atoms with Crippen molar-refractivity contribution in [1.29, 1.82) is 0 Å². The number of hydrogen-bond acceptors (Lipinski definition) is 5. The molecule has 0 bridgehead atoms. The summed E-state index contributed by atoms with van der Waals surface area (Å²) in [4.78, 5) is 24.7. The topological polar surface area (TPSA) is 73.9 Å². The summed E-state index contributed by atoms with van der Waals surface area (Å²) in [5, 5.41) is 2.88. The molecule has 0 radical (unpaired) electrons. The molecule has 3 rings (SSSR count). The number of rotatable bonds is 7. The van der Waals surface area contributed by atoms with Crippen molar-refractivity contribution in [2.75, 3.05) is 19.8 Å². The van der Waals surface area contributed by atoms with Crippen LogP contribution in [0.25, 0.3) is 0 Å². The first-order chi connectivity index (χ1) is 13.6. The van der Waals surface area contributed by atoms with E-state index in [2.05, 4.69) is 12.2 Å².